The highest BCUT2D eigenvalue weighted by atomic mass is 79.9. The maximum Gasteiger partial charge on any atom is 0.192 e. The minimum Gasteiger partial charge on any atom is -0.384 e. The Balaban J connectivity index is 2.49. The number of carbonyl (C=O) groups excluding carboxylic acids is 1. The number of nitrogens with zero attached hydrogens (tertiary/aromatic N) is 1. The Morgan fingerprint density at radius 3 is 3.00 bits per heavy atom. The summed E-state index contributed by atoms with van der Waals surface area (Å²) in [6, 6.07) is 3.35. The lowest BCUT2D eigenvalue weighted by Gasteiger charge is -2.06. The fraction of sp³-hybridized carbons (Fsp3) is 0.200. The molecule has 0 saturated carbocycles. The van der Waals surface area contributed by atoms with Crippen LogP contribution in [0.1, 0.15) is 10.4 Å². The van der Waals surface area contributed by atoms with Crippen LogP contribution in [0.15, 0.2) is 22.9 Å². The van der Waals surface area contributed by atoms with Crippen LogP contribution >= 0.6 is 31.9 Å². The topological polar surface area (TPSA) is 66.0 Å². The highest BCUT2D eigenvalue weighted by Gasteiger charge is 2.17. The molecule has 0 aliphatic heterocycles. The Labute approximate surface area is 108 Å². The van der Waals surface area contributed by atoms with Crippen LogP contribution in [0.3, 0.4) is 0 Å². The Morgan fingerprint density at radius 2 is 2.31 bits per heavy atom. The minimum atomic E-state index is -1.02. The van der Waals surface area contributed by atoms with E-state index in [0.29, 0.717) is 5.56 Å². The minimum absolute atomic E-state index is 0.227. The molecule has 0 aliphatic rings. The first kappa shape index (κ1) is 11.8. The van der Waals surface area contributed by atoms with Crippen molar-refractivity contribution < 1.29 is 9.90 Å². The molecule has 1 aromatic carbocycles. The number of hydrogen-bond acceptors (Lipinski definition) is 3. The summed E-state index contributed by atoms with van der Waals surface area (Å²) in [6.07, 6.45) is 0.539. The van der Waals surface area contributed by atoms with Gasteiger partial charge < -0.3 is 10.1 Å². The predicted molar refractivity (Wildman–Crippen MR) is 67.9 cm³/mol. The van der Waals surface area contributed by atoms with Gasteiger partial charge in [-0.1, -0.05) is 15.9 Å². The van der Waals surface area contributed by atoms with Crippen LogP contribution in [0.2, 0.25) is 0 Å². The normalized spacial score (nSPS) is 12.9. The van der Waals surface area contributed by atoms with E-state index in [2.05, 4.69) is 41.8 Å². The lowest BCUT2D eigenvalue weighted by molar-refractivity contribution is 0.0789. The summed E-state index contributed by atoms with van der Waals surface area (Å²) in [5.74, 6) is -0.311. The van der Waals surface area contributed by atoms with Crippen molar-refractivity contribution in [3.8, 4) is 0 Å². The molecule has 4 nitrogen and oxygen atoms in total. The highest BCUT2D eigenvalue weighted by molar-refractivity contribution is 9.10. The smallest absolute Gasteiger partial charge is 0.192 e. The van der Waals surface area contributed by atoms with Crippen molar-refractivity contribution in [2.24, 2.45) is 0 Å². The molecule has 0 aliphatic carbocycles. The Hall–Kier alpha value is -0.720. The zero-order chi connectivity index (χ0) is 11.7. The van der Waals surface area contributed by atoms with Gasteiger partial charge in [0.15, 0.2) is 5.78 Å². The molecule has 1 atom stereocenters. The molecule has 0 spiro atoms. The molecule has 1 aromatic heterocycles. The molecule has 2 aromatic rings. The third-order valence-electron chi connectivity index (χ3n) is 2.21. The Kier molecular flexibility index (Phi) is 3.41. The van der Waals surface area contributed by atoms with Gasteiger partial charge in [-0.15, -0.1) is 0 Å². The predicted octanol–water partition coefficient (Wildman–Crippen LogP) is 2.26. The zero-order valence-electron chi connectivity index (χ0n) is 8.08. The van der Waals surface area contributed by atoms with Crippen LogP contribution in [-0.4, -0.2) is 32.3 Å². The van der Waals surface area contributed by atoms with Crippen molar-refractivity contribution >= 4 is 48.7 Å². The van der Waals surface area contributed by atoms with E-state index in [0.717, 1.165) is 15.5 Å². The lowest BCUT2D eigenvalue weighted by atomic mass is 10.1. The van der Waals surface area contributed by atoms with Gasteiger partial charge in [0, 0.05) is 15.4 Å². The number of Topliss-reactive ketones (excluding diaryl/α,β-unsaturated/α-hetero) is 1. The zero-order valence-corrected chi connectivity index (χ0v) is 11.2. The first-order valence-corrected chi connectivity index (χ1v) is 6.46. The molecule has 0 saturated heterocycles. The van der Waals surface area contributed by atoms with E-state index in [1.165, 1.54) is 0 Å². The second kappa shape index (κ2) is 4.65. The quantitative estimate of drug-likeness (QED) is 0.661. The van der Waals surface area contributed by atoms with Gasteiger partial charge in [-0.3, -0.25) is 4.79 Å². The van der Waals surface area contributed by atoms with E-state index >= 15 is 0 Å². The van der Waals surface area contributed by atoms with E-state index in [9.17, 15) is 9.90 Å². The molecule has 16 heavy (non-hydrogen) atoms. The van der Waals surface area contributed by atoms with Gasteiger partial charge in [0.05, 0.1) is 11.8 Å². The number of carbonyl (C=O) groups is 1. The number of imidazole rings is 1. The highest BCUT2D eigenvalue weighted by Crippen LogP contribution is 2.23. The number of aromatic amines is 1. The van der Waals surface area contributed by atoms with Crippen molar-refractivity contribution in [2.45, 2.75) is 6.10 Å². The van der Waals surface area contributed by atoms with Gasteiger partial charge in [-0.05, 0) is 28.1 Å². The number of benzene rings is 1. The number of aliphatic hydroxyl groups excluding tert-OH is 1. The second-order valence-electron chi connectivity index (χ2n) is 3.29. The summed E-state index contributed by atoms with van der Waals surface area (Å²) in [5, 5.41) is 9.68. The molecule has 2 N–H and O–H groups in total. The Morgan fingerprint density at radius 1 is 1.56 bits per heavy atom. The third kappa shape index (κ3) is 2.05. The molecule has 84 valence electrons. The summed E-state index contributed by atoms with van der Waals surface area (Å²) in [5.41, 5.74) is 1.99. The number of aromatic nitrogens is 2. The molecule has 6 heteroatoms. The average Bonchev–Trinajstić information content (AvgIpc) is 2.75. The van der Waals surface area contributed by atoms with Crippen molar-refractivity contribution in [3.05, 3.63) is 28.5 Å². The van der Waals surface area contributed by atoms with Crippen molar-refractivity contribution in [3.63, 3.8) is 0 Å². The summed E-state index contributed by atoms with van der Waals surface area (Å²) < 4.78 is 0.733. The van der Waals surface area contributed by atoms with Gasteiger partial charge in [0.25, 0.3) is 0 Å². The summed E-state index contributed by atoms with van der Waals surface area (Å²) in [7, 11) is 0. The Bertz CT molecular complexity index is 539. The van der Waals surface area contributed by atoms with E-state index < -0.39 is 6.10 Å². The van der Waals surface area contributed by atoms with E-state index in [1.54, 1.807) is 18.5 Å². The maximum absolute atomic E-state index is 11.8. The number of fused-ring (bicyclic) bond motifs is 1. The number of halogens is 2. The molecule has 1 heterocycles. The van der Waals surface area contributed by atoms with Crippen LogP contribution in [0.25, 0.3) is 11.0 Å². The van der Waals surface area contributed by atoms with Gasteiger partial charge >= 0.3 is 0 Å². The molecular formula is C10H8Br2N2O2. The van der Waals surface area contributed by atoms with Gasteiger partial charge in [0.2, 0.25) is 0 Å². The SMILES string of the molecule is O=C(c1cc(Br)c2nc[nH]c2c1)C(O)CBr. The fourth-order valence-corrected chi connectivity index (χ4v) is 2.27. The molecular weight excluding hydrogens is 340 g/mol. The van der Waals surface area contributed by atoms with Gasteiger partial charge in [-0.25, -0.2) is 4.98 Å². The standard InChI is InChI=1S/C10H8Br2N2O2/c11-3-8(15)10(16)5-1-6(12)9-7(2-5)13-4-14-9/h1-2,4,8,15H,3H2,(H,13,14). The van der Waals surface area contributed by atoms with Crippen LogP contribution in [0.5, 0.6) is 0 Å². The van der Waals surface area contributed by atoms with E-state index in [-0.39, 0.29) is 11.1 Å². The largest absolute Gasteiger partial charge is 0.384 e. The molecule has 0 radical (unpaired) electrons. The van der Waals surface area contributed by atoms with Gasteiger partial charge in [-0.2, -0.15) is 0 Å². The van der Waals surface area contributed by atoms with Crippen molar-refractivity contribution in [1.29, 1.82) is 0 Å². The molecule has 0 fully saturated rings. The molecule has 1 unspecified atom stereocenters. The third-order valence-corrected chi connectivity index (χ3v) is 3.43. The average molecular weight is 348 g/mol. The number of nitrogens with one attached hydrogen (secondary N) is 1. The summed E-state index contributed by atoms with van der Waals surface area (Å²) in [6.45, 7) is 0. The number of aliphatic hydroxyl groups is 1. The maximum atomic E-state index is 11.8. The van der Waals surface area contributed by atoms with Crippen LogP contribution in [0.4, 0.5) is 0 Å². The second-order valence-corrected chi connectivity index (χ2v) is 4.79. The number of H-pyrrole nitrogens is 1. The molecule has 0 amide bonds. The molecule has 0 bridgehead atoms. The summed E-state index contributed by atoms with van der Waals surface area (Å²) in [4.78, 5) is 18.8. The number of alkyl halides is 1. The number of hydrogen-bond donors (Lipinski definition) is 2. The van der Waals surface area contributed by atoms with Crippen LogP contribution in [0, 0.1) is 0 Å². The first-order chi connectivity index (χ1) is 7.63. The van der Waals surface area contributed by atoms with Crippen LogP contribution in [-0.2, 0) is 0 Å². The fourth-order valence-electron chi connectivity index (χ4n) is 1.41. The lowest BCUT2D eigenvalue weighted by Crippen LogP contribution is -2.21. The summed E-state index contributed by atoms with van der Waals surface area (Å²) >= 11 is 6.41. The van der Waals surface area contributed by atoms with E-state index in [1.807, 2.05) is 0 Å². The number of ketones is 1. The van der Waals surface area contributed by atoms with Crippen molar-refractivity contribution in [1.82, 2.24) is 9.97 Å². The van der Waals surface area contributed by atoms with Crippen molar-refractivity contribution in [2.75, 3.05) is 5.33 Å². The monoisotopic (exact) mass is 346 g/mol. The first-order valence-electron chi connectivity index (χ1n) is 4.54. The van der Waals surface area contributed by atoms with Gasteiger partial charge in [0.1, 0.15) is 11.6 Å². The number of rotatable bonds is 3. The van der Waals surface area contributed by atoms with E-state index in [4.69, 9.17) is 0 Å². The molecule has 2 rings (SSSR count). The van der Waals surface area contributed by atoms with Crippen LogP contribution < -0.4 is 0 Å².